The Balaban J connectivity index is 1.39. The molecule has 0 N–H and O–H groups in total. The molecule has 0 aromatic heterocycles. The molecule has 1 saturated heterocycles. The fourth-order valence-corrected chi connectivity index (χ4v) is 3.97. The van der Waals surface area contributed by atoms with Gasteiger partial charge in [0.1, 0.15) is 5.75 Å². The average molecular weight is 314 g/mol. The molecule has 0 saturated carbocycles. The van der Waals surface area contributed by atoms with Crippen LogP contribution in [0.2, 0.25) is 0 Å². The summed E-state index contributed by atoms with van der Waals surface area (Å²) in [7, 11) is 0. The number of ether oxygens (including phenoxy) is 1. The molecular weight excluding hydrogens is 284 g/mol. The molecule has 126 valence electrons. The smallest absolute Gasteiger partial charge is 0.119 e. The van der Waals surface area contributed by atoms with Crippen molar-refractivity contribution >= 4 is 5.71 Å². The van der Waals surface area contributed by atoms with Gasteiger partial charge in [0.05, 0.1) is 6.61 Å². The molecule has 0 aliphatic carbocycles. The number of benzene rings is 1. The Hall–Kier alpha value is -1.35. The standard InChI is InChI=1S/C20H30N2O/c1-16-13-17(2)15-22(14-16)11-4-12-23-19-8-6-18(7-9-19)20-5-3-10-21-20/h6-9,16-17H,3-5,10-15H2,1-2H3/t16-,17?/m0/s1. The van der Waals surface area contributed by atoms with Crippen molar-refractivity contribution in [3.63, 3.8) is 0 Å². The molecule has 1 aromatic carbocycles. The first kappa shape index (κ1) is 16.5. The van der Waals surface area contributed by atoms with Crippen LogP contribution >= 0.6 is 0 Å². The number of likely N-dealkylation sites (tertiary alicyclic amines) is 1. The molecule has 23 heavy (non-hydrogen) atoms. The van der Waals surface area contributed by atoms with E-state index >= 15 is 0 Å². The lowest BCUT2D eigenvalue weighted by atomic mass is 9.92. The largest absolute Gasteiger partial charge is 0.494 e. The molecule has 0 radical (unpaired) electrons. The quantitative estimate of drug-likeness (QED) is 0.741. The van der Waals surface area contributed by atoms with Crippen molar-refractivity contribution < 1.29 is 4.74 Å². The van der Waals surface area contributed by atoms with Crippen LogP contribution < -0.4 is 4.74 Å². The van der Waals surface area contributed by atoms with E-state index in [0.717, 1.165) is 50.1 Å². The molecule has 2 heterocycles. The summed E-state index contributed by atoms with van der Waals surface area (Å²) in [6.07, 6.45) is 4.80. The van der Waals surface area contributed by atoms with Crippen LogP contribution in [0, 0.1) is 11.8 Å². The molecule has 3 heteroatoms. The molecule has 0 spiro atoms. The Bertz CT molecular complexity index is 513. The zero-order chi connectivity index (χ0) is 16.1. The predicted molar refractivity (Wildman–Crippen MR) is 96.6 cm³/mol. The van der Waals surface area contributed by atoms with Gasteiger partial charge in [0.2, 0.25) is 0 Å². The number of rotatable bonds is 6. The summed E-state index contributed by atoms with van der Waals surface area (Å²) in [6, 6.07) is 8.46. The van der Waals surface area contributed by atoms with Crippen LogP contribution in [0.4, 0.5) is 0 Å². The SMILES string of the molecule is CC1C[C@H](C)CN(CCCOc2ccc(C3=NCCC3)cc2)C1. The Morgan fingerprint density at radius 2 is 1.87 bits per heavy atom. The minimum atomic E-state index is 0.805. The topological polar surface area (TPSA) is 24.8 Å². The van der Waals surface area contributed by atoms with Crippen LogP contribution in [-0.4, -0.2) is 43.4 Å². The highest BCUT2D eigenvalue weighted by molar-refractivity contribution is 6.01. The summed E-state index contributed by atoms with van der Waals surface area (Å²) in [5, 5.41) is 0. The summed E-state index contributed by atoms with van der Waals surface area (Å²) in [5.41, 5.74) is 2.51. The lowest BCUT2D eigenvalue weighted by Crippen LogP contribution is -2.39. The van der Waals surface area contributed by atoms with Gasteiger partial charge < -0.3 is 9.64 Å². The van der Waals surface area contributed by atoms with Crippen molar-refractivity contribution in [2.45, 2.75) is 39.5 Å². The second-order valence-corrected chi connectivity index (χ2v) is 7.36. The van der Waals surface area contributed by atoms with Crippen LogP contribution in [0.15, 0.2) is 29.3 Å². The molecule has 1 fully saturated rings. The predicted octanol–water partition coefficient (Wildman–Crippen LogP) is 4.02. The van der Waals surface area contributed by atoms with Crippen LogP contribution in [-0.2, 0) is 0 Å². The fraction of sp³-hybridized carbons (Fsp3) is 0.650. The number of aliphatic imine (C=N–C) groups is 1. The molecule has 2 atom stereocenters. The summed E-state index contributed by atoms with van der Waals surface area (Å²) in [5.74, 6) is 2.66. The highest BCUT2D eigenvalue weighted by Crippen LogP contribution is 2.21. The minimum absolute atomic E-state index is 0.805. The molecule has 0 amide bonds. The Morgan fingerprint density at radius 3 is 2.52 bits per heavy atom. The monoisotopic (exact) mass is 314 g/mol. The summed E-state index contributed by atoms with van der Waals surface area (Å²) < 4.78 is 5.90. The molecular formula is C20H30N2O. The molecule has 0 bridgehead atoms. The molecule has 2 aliphatic heterocycles. The highest BCUT2D eigenvalue weighted by Gasteiger charge is 2.21. The van der Waals surface area contributed by atoms with Crippen molar-refractivity contribution in [1.82, 2.24) is 4.90 Å². The van der Waals surface area contributed by atoms with E-state index in [4.69, 9.17) is 4.74 Å². The molecule has 1 aromatic rings. The van der Waals surface area contributed by atoms with Gasteiger partial charge in [-0.25, -0.2) is 0 Å². The molecule has 2 aliphatic rings. The van der Waals surface area contributed by atoms with Gasteiger partial charge in [-0.3, -0.25) is 4.99 Å². The maximum Gasteiger partial charge on any atom is 0.119 e. The van der Waals surface area contributed by atoms with Crippen LogP contribution in [0.3, 0.4) is 0 Å². The van der Waals surface area contributed by atoms with Crippen molar-refractivity contribution in [1.29, 1.82) is 0 Å². The maximum atomic E-state index is 5.90. The molecule has 3 rings (SSSR count). The van der Waals surface area contributed by atoms with E-state index in [1.54, 1.807) is 0 Å². The van der Waals surface area contributed by atoms with Crippen LogP contribution in [0.25, 0.3) is 0 Å². The maximum absolute atomic E-state index is 5.90. The fourth-order valence-electron chi connectivity index (χ4n) is 3.97. The van der Waals surface area contributed by atoms with E-state index in [0.29, 0.717) is 0 Å². The van der Waals surface area contributed by atoms with Gasteiger partial charge in [-0.1, -0.05) is 13.8 Å². The van der Waals surface area contributed by atoms with Crippen molar-refractivity contribution in [2.75, 3.05) is 32.8 Å². The number of piperidine rings is 1. The van der Waals surface area contributed by atoms with Gasteiger partial charge in [0.15, 0.2) is 0 Å². The summed E-state index contributed by atoms with van der Waals surface area (Å²) >= 11 is 0. The van der Waals surface area contributed by atoms with E-state index < -0.39 is 0 Å². The van der Waals surface area contributed by atoms with E-state index in [9.17, 15) is 0 Å². The lowest BCUT2D eigenvalue weighted by molar-refractivity contribution is 0.132. The van der Waals surface area contributed by atoms with Crippen LogP contribution in [0.5, 0.6) is 5.75 Å². The zero-order valence-electron chi connectivity index (χ0n) is 14.6. The number of nitrogens with zero attached hydrogens (tertiary/aromatic N) is 2. The normalized spacial score (nSPS) is 25.4. The van der Waals surface area contributed by atoms with E-state index in [1.807, 2.05) is 0 Å². The van der Waals surface area contributed by atoms with Gasteiger partial charge in [-0.15, -0.1) is 0 Å². The van der Waals surface area contributed by atoms with Gasteiger partial charge in [0, 0.05) is 31.9 Å². The van der Waals surface area contributed by atoms with Gasteiger partial charge in [-0.2, -0.15) is 0 Å². The second kappa shape index (κ2) is 7.96. The first-order chi connectivity index (χ1) is 11.2. The Kier molecular flexibility index (Phi) is 5.71. The van der Waals surface area contributed by atoms with Crippen molar-refractivity contribution in [2.24, 2.45) is 16.8 Å². The van der Waals surface area contributed by atoms with Gasteiger partial charge in [-0.05, 0) is 67.3 Å². The van der Waals surface area contributed by atoms with E-state index in [-0.39, 0.29) is 0 Å². The lowest BCUT2D eigenvalue weighted by Gasteiger charge is -2.34. The van der Waals surface area contributed by atoms with Crippen molar-refractivity contribution in [3.8, 4) is 5.75 Å². The van der Waals surface area contributed by atoms with Gasteiger partial charge >= 0.3 is 0 Å². The third kappa shape index (κ3) is 4.81. The number of hydrogen-bond donors (Lipinski definition) is 0. The van der Waals surface area contributed by atoms with E-state index in [2.05, 4.69) is 48.0 Å². The second-order valence-electron chi connectivity index (χ2n) is 7.36. The Labute approximate surface area is 140 Å². The third-order valence-electron chi connectivity index (χ3n) is 4.89. The first-order valence-electron chi connectivity index (χ1n) is 9.19. The van der Waals surface area contributed by atoms with Gasteiger partial charge in [0.25, 0.3) is 0 Å². The minimum Gasteiger partial charge on any atom is -0.494 e. The van der Waals surface area contributed by atoms with Crippen molar-refractivity contribution in [3.05, 3.63) is 29.8 Å². The molecule has 1 unspecified atom stereocenters. The third-order valence-corrected chi connectivity index (χ3v) is 4.89. The highest BCUT2D eigenvalue weighted by atomic mass is 16.5. The number of hydrogen-bond acceptors (Lipinski definition) is 3. The first-order valence-corrected chi connectivity index (χ1v) is 9.19. The van der Waals surface area contributed by atoms with Crippen LogP contribution in [0.1, 0.15) is 45.1 Å². The zero-order valence-corrected chi connectivity index (χ0v) is 14.6. The Morgan fingerprint density at radius 1 is 1.13 bits per heavy atom. The molecule has 3 nitrogen and oxygen atoms in total. The average Bonchev–Trinajstić information content (AvgIpc) is 3.06. The summed E-state index contributed by atoms with van der Waals surface area (Å²) in [6.45, 7) is 10.2. The summed E-state index contributed by atoms with van der Waals surface area (Å²) in [4.78, 5) is 7.15. The van der Waals surface area contributed by atoms with E-state index in [1.165, 1.54) is 37.2 Å².